The van der Waals surface area contributed by atoms with Gasteiger partial charge in [-0.15, -0.1) is 0 Å². The number of fused-ring (bicyclic) bond motifs is 6. The Morgan fingerprint density at radius 1 is 1.03 bits per heavy atom. The summed E-state index contributed by atoms with van der Waals surface area (Å²) >= 11 is 0. The average Bonchev–Trinajstić information content (AvgIpc) is 3.42. The Bertz CT molecular complexity index is 1600. The number of carbonyl (C=O) groups is 1. The second-order valence-electron chi connectivity index (χ2n) is 9.04. The van der Waals surface area contributed by atoms with Crippen molar-refractivity contribution in [2.24, 2.45) is 0 Å². The molecule has 8 heteroatoms. The van der Waals surface area contributed by atoms with Gasteiger partial charge in [-0.25, -0.2) is 9.97 Å². The number of hydrogen-bond acceptors (Lipinski definition) is 5. The molecule has 0 aliphatic carbocycles. The van der Waals surface area contributed by atoms with Crippen LogP contribution < -0.4 is 0 Å². The number of aromatic amines is 1. The summed E-state index contributed by atoms with van der Waals surface area (Å²) in [6, 6.07) is 5.65. The monoisotopic (exact) mass is 550 g/mol. The van der Waals surface area contributed by atoms with Crippen LogP contribution >= 0.6 is 0 Å². The number of rotatable bonds is 6. The third kappa shape index (κ3) is 5.47. The van der Waals surface area contributed by atoms with E-state index in [1.165, 1.54) is 0 Å². The van der Waals surface area contributed by atoms with Crippen LogP contribution in [-0.4, -0.2) is 31.0 Å². The third-order valence-electron chi connectivity index (χ3n) is 6.55. The average molecular weight is 550 g/mol. The molecule has 196 valence electrons. The van der Waals surface area contributed by atoms with Crippen molar-refractivity contribution in [2.75, 3.05) is 0 Å². The molecule has 2 aliphatic heterocycles. The summed E-state index contributed by atoms with van der Waals surface area (Å²) in [6.45, 7) is 19.7. The van der Waals surface area contributed by atoms with Gasteiger partial charge in [0.1, 0.15) is 0 Å². The van der Waals surface area contributed by atoms with Crippen molar-refractivity contribution >= 4 is 44.9 Å². The van der Waals surface area contributed by atoms with E-state index >= 15 is 0 Å². The van der Waals surface area contributed by atoms with Gasteiger partial charge in [0.2, 0.25) is 11.8 Å². The topological polar surface area (TPSA) is 105 Å². The SMILES string of the molecule is C=CC1=C(C)c2nc1cc1[nH]c(ccnc(C(=C)C)cc3nc(o2)C(C=C)=C3C)c(CCC(=O)O)c1C.[Fe]. The quantitative estimate of drug-likeness (QED) is 0.377. The molecule has 4 heterocycles. The van der Waals surface area contributed by atoms with Gasteiger partial charge in [0.05, 0.1) is 17.1 Å². The smallest absolute Gasteiger partial charge is 0.303 e. The first-order valence-electron chi connectivity index (χ1n) is 11.9. The maximum Gasteiger partial charge on any atom is 0.303 e. The third-order valence-corrected chi connectivity index (χ3v) is 6.55. The Morgan fingerprint density at radius 3 is 2.34 bits per heavy atom. The van der Waals surface area contributed by atoms with Gasteiger partial charge in [-0.1, -0.05) is 31.9 Å². The van der Waals surface area contributed by atoms with Crippen molar-refractivity contribution in [1.82, 2.24) is 19.9 Å². The van der Waals surface area contributed by atoms with E-state index < -0.39 is 5.97 Å². The molecule has 2 aromatic rings. The van der Waals surface area contributed by atoms with Gasteiger partial charge in [-0.2, -0.15) is 0 Å². The number of nitrogens with one attached hydrogen (secondary N) is 1. The minimum Gasteiger partial charge on any atom is -0.481 e. The first kappa shape index (κ1) is 28.6. The predicted molar refractivity (Wildman–Crippen MR) is 149 cm³/mol. The Hall–Kier alpha value is -4.00. The zero-order chi connectivity index (χ0) is 26.9. The van der Waals surface area contributed by atoms with Crippen LogP contribution in [0.25, 0.3) is 38.9 Å². The van der Waals surface area contributed by atoms with E-state index in [2.05, 4.69) is 29.7 Å². The molecular formula is C30H30FeN4O3. The molecule has 7 nitrogen and oxygen atoms in total. The first-order chi connectivity index (χ1) is 17.6. The number of carboxylic acid groups (broad SMARTS) is 1. The van der Waals surface area contributed by atoms with Crippen molar-refractivity contribution in [3.8, 4) is 0 Å². The molecule has 6 bridgehead atoms. The maximum atomic E-state index is 11.3. The van der Waals surface area contributed by atoms with E-state index in [1.807, 2.05) is 45.9 Å². The fourth-order valence-electron chi connectivity index (χ4n) is 4.38. The Balaban J connectivity index is 0.00000400. The molecule has 0 aromatic carbocycles. The number of nitrogens with zero attached hydrogens (tertiary/aromatic N) is 3. The number of hydrogen-bond donors (Lipinski definition) is 2. The zero-order valence-corrected chi connectivity index (χ0v) is 23.1. The molecule has 2 N–H and O–H groups in total. The number of aromatic nitrogens is 4. The van der Waals surface area contributed by atoms with Gasteiger partial charge in [0.25, 0.3) is 0 Å². The van der Waals surface area contributed by atoms with Gasteiger partial charge in [-0.3, -0.25) is 9.78 Å². The van der Waals surface area contributed by atoms with Crippen molar-refractivity contribution in [3.05, 3.63) is 96.3 Å². The summed E-state index contributed by atoms with van der Waals surface area (Å²) in [7, 11) is 0. The van der Waals surface area contributed by atoms with Crippen LogP contribution in [0.4, 0.5) is 0 Å². The van der Waals surface area contributed by atoms with E-state index in [0.29, 0.717) is 35.3 Å². The Morgan fingerprint density at radius 2 is 1.71 bits per heavy atom. The summed E-state index contributed by atoms with van der Waals surface area (Å²) in [5, 5.41) is 9.28. The van der Waals surface area contributed by atoms with Crippen LogP contribution in [0, 0.1) is 6.92 Å². The summed E-state index contributed by atoms with van der Waals surface area (Å²) in [5.41, 5.74) is 9.69. The molecule has 0 saturated heterocycles. The number of aryl methyl sites for hydroxylation is 2. The Labute approximate surface area is 232 Å². The minimum absolute atomic E-state index is 0. The molecule has 0 spiro atoms. The van der Waals surface area contributed by atoms with Gasteiger partial charge in [0, 0.05) is 57.4 Å². The number of carboxylic acids is 1. The fourth-order valence-corrected chi connectivity index (χ4v) is 4.38. The van der Waals surface area contributed by atoms with Gasteiger partial charge < -0.3 is 14.5 Å². The molecule has 0 unspecified atom stereocenters. The van der Waals surface area contributed by atoms with Gasteiger partial charge in [-0.05, 0) is 74.6 Å². The molecular weight excluding hydrogens is 520 g/mol. The molecule has 0 saturated carbocycles. The molecule has 0 atom stereocenters. The molecule has 0 radical (unpaired) electrons. The van der Waals surface area contributed by atoms with Crippen LogP contribution in [0.2, 0.25) is 0 Å². The van der Waals surface area contributed by atoms with Crippen molar-refractivity contribution in [1.29, 1.82) is 0 Å². The minimum atomic E-state index is -0.851. The summed E-state index contributed by atoms with van der Waals surface area (Å²) in [6.07, 6.45) is 5.57. The van der Waals surface area contributed by atoms with Crippen molar-refractivity contribution in [3.63, 3.8) is 0 Å². The fraction of sp³-hybridized carbons (Fsp3) is 0.200. The Kier molecular flexibility index (Phi) is 8.71. The van der Waals surface area contributed by atoms with E-state index in [-0.39, 0.29) is 23.5 Å². The molecule has 0 fully saturated rings. The van der Waals surface area contributed by atoms with Crippen LogP contribution in [0.5, 0.6) is 0 Å². The van der Waals surface area contributed by atoms with E-state index in [9.17, 15) is 9.90 Å². The summed E-state index contributed by atoms with van der Waals surface area (Å²) < 4.78 is 6.23. The van der Waals surface area contributed by atoms with Crippen LogP contribution in [0.1, 0.15) is 67.2 Å². The van der Waals surface area contributed by atoms with Gasteiger partial charge >= 0.3 is 5.97 Å². The van der Waals surface area contributed by atoms with Crippen molar-refractivity contribution in [2.45, 2.75) is 40.5 Å². The predicted octanol–water partition coefficient (Wildman–Crippen LogP) is 6.97. The normalized spacial score (nSPS) is 12.5. The molecule has 0 amide bonds. The van der Waals surface area contributed by atoms with Gasteiger partial charge in [0.15, 0.2) is 0 Å². The zero-order valence-electron chi connectivity index (χ0n) is 22.0. The van der Waals surface area contributed by atoms with E-state index in [4.69, 9.17) is 14.4 Å². The standard InChI is InChI=1S/C30H30N4O3.Fe/c1-8-20-19(7)29-34-27(20)15-25-18(6)22(10-11-28(35)36)23(32-25)12-13-31-24(16(3)4)14-26-17(5)21(9-2)30(33-26)37-29;/h8-9,12-15,32H,1-3,10-11H2,4-7H3,(H,35,36);. The van der Waals surface area contributed by atoms with Crippen LogP contribution in [0.15, 0.2) is 60.7 Å². The second kappa shape index (κ2) is 11.6. The number of H-pyrrole nitrogens is 1. The van der Waals surface area contributed by atoms with E-state index in [0.717, 1.165) is 50.0 Å². The molecule has 2 aliphatic rings. The second-order valence-corrected chi connectivity index (χ2v) is 9.04. The van der Waals surface area contributed by atoms with Crippen molar-refractivity contribution < 1.29 is 31.4 Å². The summed E-state index contributed by atoms with van der Waals surface area (Å²) in [4.78, 5) is 28.9. The molecule has 38 heavy (non-hydrogen) atoms. The van der Waals surface area contributed by atoms with Crippen LogP contribution in [-0.2, 0) is 28.3 Å². The first-order valence-corrected chi connectivity index (χ1v) is 11.9. The largest absolute Gasteiger partial charge is 0.481 e. The number of aliphatic carboxylic acids is 1. The summed E-state index contributed by atoms with van der Waals surface area (Å²) in [5.74, 6) is 0.000437. The maximum absolute atomic E-state index is 11.3. The number of allylic oxidation sites excluding steroid dienone is 7. The van der Waals surface area contributed by atoms with E-state index in [1.54, 1.807) is 18.3 Å². The molecule has 4 rings (SSSR count). The van der Waals surface area contributed by atoms with Crippen LogP contribution in [0.3, 0.4) is 0 Å². The molecule has 2 aromatic heterocycles.